The lowest BCUT2D eigenvalue weighted by Crippen LogP contribution is -2.24. The Labute approximate surface area is 209 Å². The summed E-state index contributed by atoms with van der Waals surface area (Å²) in [5.41, 5.74) is 1.67. The minimum atomic E-state index is -0.481. The Kier molecular flexibility index (Phi) is 14.0. The Morgan fingerprint density at radius 1 is 0.971 bits per heavy atom. The summed E-state index contributed by atoms with van der Waals surface area (Å²) in [5, 5.41) is 0. The third-order valence-electron chi connectivity index (χ3n) is 5.65. The van der Waals surface area contributed by atoms with Gasteiger partial charge in [0.25, 0.3) is 0 Å². The van der Waals surface area contributed by atoms with Crippen molar-refractivity contribution in [2.24, 2.45) is 0 Å². The summed E-state index contributed by atoms with van der Waals surface area (Å²) < 4.78 is 16.0. The van der Waals surface area contributed by atoms with E-state index in [2.05, 4.69) is 48.4 Å². The summed E-state index contributed by atoms with van der Waals surface area (Å²) >= 11 is 0. The second-order valence-electron chi connectivity index (χ2n) is 8.60. The van der Waals surface area contributed by atoms with E-state index in [1.807, 2.05) is 6.92 Å². The minimum Gasteiger partial charge on any atom is -0.463 e. The van der Waals surface area contributed by atoms with E-state index in [4.69, 9.17) is 13.9 Å². The lowest BCUT2D eigenvalue weighted by Gasteiger charge is -2.15. The standard InChI is InChI=1S/C29H41NO5/c1-3-5-6-7-8-9-10-11-12-13-14-15-16-17-18-19-28(31)34-23-24(4-2)35-29(32)26-22-27-25(30-26)20-21-33-27/h5-6,8-9,11-12,20-22,24,30H,3-4,7,10,13-19,23H2,1-2H3. The topological polar surface area (TPSA) is 81.5 Å². The van der Waals surface area contributed by atoms with Crippen LogP contribution in [0, 0.1) is 0 Å². The first-order valence-corrected chi connectivity index (χ1v) is 13.0. The van der Waals surface area contributed by atoms with Gasteiger partial charge in [-0.15, -0.1) is 0 Å². The molecule has 6 heteroatoms. The normalized spacial score (nSPS) is 12.9. The average molecular weight is 484 g/mol. The SMILES string of the molecule is CCC=CCC=CCC=CCCCCCCCC(=O)OCC(CC)OC(=O)c1cc2occc2[nH]1. The van der Waals surface area contributed by atoms with Crippen molar-refractivity contribution in [2.45, 2.75) is 90.6 Å². The van der Waals surface area contributed by atoms with Crippen molar-refractivity contribution in [1.29, 1.82) is 0 Å². The Bertz CT molecular complexity index is 921. The van der Waals surface area contributed by atoms with Crippen LogP contribution in [0.4, 0.5) is 0 Å². The molecule has 2 aromatic rings. The Morgan fingerprint density at radius 2 is 1.69 bits per heavy atom. The summed E-state index contributed by atoms with van der Waals surface area (Å²) in [6, 6.07) is 3.36. The molecule has 6 nitrogen and oxygen atoms in total. The van der Waals surface area contributed by atoms with E-state index >= 15 is 0 Å². The first kappa shape index (κ1) is 28.2. The Balaban J connectivity index is 1.47. The van der Waals surface area contributed by atoms with Crippen LogP contribution in [0.3, 0.4) is 0 Å². The van der Waals surface area contributed by atoms with Gasteiger partial charge >= 0.3 is 11.9 Å². The molecule has 0 amide bonds. The highest BCUT2D eigenvalue weighted by Crippen LogP contribution is 2.17. The molecule has 1 N–H and O–H groups in total. The van der Waals surface area contributed by atoms with Gasteiger partial charge in [0.2, 0.25) is 0 Å². The quantitative estimate of drug-likeness (QED) is 0.133. The maximum absolute atomic E-state index is 12.3. The molecule has 0 aliphatic rings. The molecule has 0 saturated carbocycles. The van der Waals surface area contributed by atoms with Crippen LogP contribution in [0.15, 0.2) is 59.3 Å². The number of fused-ring (bicyclic) bond motifs is 1. The van der Waals surface area contributed by atoms with E-state index in [-0.39, 0.29) is 12.6 Å². The first-order valence-electron chi connectivity index (χ1n) is 13.0. The van der Waals surface area contributed by atoms with Gasteiger partial charge in [0, 0.05) is 18.6 Å². The molecule has 0 aromatic carbocycles. The lowest BCUT2D eigenvalue weighted by atomic mass is 10.1. The highest BCUT2D eigenvalue weighted by Gasteiger charge is 2.19. The number of carbonyl (C=O) groups excluding carboxylic acids is 2. The summed E-state index contributed by atoms with van der Waals surface area (Å²) in [7, 11) is 0. The molecular weight excluding hydrogens is 442 g/mol. The van der Waals surface area contributed by atoms with Crippen LogP contribution in [0.25, 0.3) is 11.1 Å². The smallest absolute Gasteiger partial charge is 0.355 e. The molecule has 0 radical (unpaired) electrons. The van der Waals surface area contributed by atoms with Crippen molar-refractivity contribution in [1.82, 2.24) is 4.98 Å². The van der Waals surface area contributed by atoms with Gasteiger partial charge in [-0.1, -0.05) is 69.6 Å². The molecule has 1 unspecified atom stereocenters. The summed E-state index contributed by atoms with van der Waals surface area (Å²) in [4.78, 5) is 27.3. The van der Waals surface area contributed by atoms with Gasteiger partial charge in [-0.2, -0.15) is 0 Å². The predicted octanol–water partition coefficient (Wildman–Crippen LogP) is 7.83. The second-order valence-corrected chi connectivity index (χ2v) is 8.60. The van der Waals surface area contributed by atoms with E-state index in [1.165, 1.54) is 12.8 Å². The van der Waals surface area contributed by atoms with E-state index in [1.54, 1.807) is 18.4 Å². The van der Waals surface area contributed by atoms with Crippen molar-refractivity contribution in [3.63, 3.8) is 0 Å². The molecule has 0 fully saturated rings. The average Bonchev–Trinajstić information content (AvgIpc) is 3.47. The number of hydrogen-bond donors (Lipinski definition) is 1. The third-order valence-corrected chi connectivity index (χ3v) is 5.65. The monoisotopic (exact) mass is 483 g/mol. The van der Waals surface area contributed by atoms with Crippen molar-refractivity contribution in [3.05, 3.63) is 60.5 Å². The van der Waals surface area contributed by atoms with Crippen molar-refractivity contribution >= 4 is 23.0 Å². The molecule has 0 aliphatic heterocycles. The van der Waals surface area contributed by atoms with Gasteiger partial charge in [-0.25, -0.2) is 4.79 Å². The number of aromatic nitrogens is 1. The summed E-state index contributed by atoms with van der Waals surface area (Å²) in [6.45, 7) is 4.12. The highest BCUT2D eigenvalue weighted by molar-refractivity contribution is 5.93. The van der Waals surface area contributed by atoms with Gasteiger partial charge in [-0.3, -0.25) is 4.79 Å². The first-order chi connectivity index (χ1) is 17.1. The maximum Gasteiger partial charge on any atom is 0.355 e. The molecule has 0 aliphatic carbocycles. The van der Waals surface area contributed by atoms with Crippen molar-refractivity contribution < 1.29 is 23.5 Å². The number of aromatic amines is 1. The van der Waals surface area contributed by atoms with E-state index in [0.717, 1.165) is 50.5 Å². The van der Waals surface area contributed by atoms with Crippen LogP contribution in [0.2, 0.25) is 0 Å². The lowest BCUT2D eigenvalue weighted by molar-refractivity contribution is -0.147. The Morgan fingerprint density at radius 3 is 2.43 bits per heavy atom. The zero-order chi connectivity index (χ0) is 25.1. The van der Waals surface area contributed by atoms with E-state index in [0.29, 0.717) is 24.1 Å². The molecule has 2 aromatic heterocycles. The number of ether oxygens (including phenoxy) is 2. The van der Waals surface area contributed by atoms with Crippen molar-refractivity contribution in [3.8, 4) is 0 Å². The maximum atomic E-state index is 12.3. The molecule has 2 rings (SSSR count). The Hall–Kier alpha value is -3.02. The van der Waals surface area contributed by atoms with Crippen LogP contribution in [-0.2, 0) is 14.3 Å². The number of furan rings is 1. The van der Waals surface area contributed by atoms with Crippen LogP contribution in [0.1, 0.15) is 95.0 Å². The highest BCUT2D eigenvalue weighted by atomic mass is 16.6. The molecular formula is C29H41NO5. The summed E-state index contributed by atoms with van der Waals surface area (Å²) in [6.07, 6.45) is 24.9. The number of allylic oxidation sites excluding steroid dienone is 6. The fraction of sp³-hybridized carbons (Fsp3) is 0.517. The fourth-order valence-electron chi connectivity index (χ4n) is 3.55. The van der Waals surface area contributed by atoms with Crippen LogP contribution >= 0.6 is 0 Å². The van der Waals surface area contributed by atoms with Gasteiger partial charge < -0.3 is 18.9 Å². The largest absolute Gasteiger partial charge is 0.463 e. The minimum absolute atomic E-state index is 0.0782. The molecule has 0 spiro atoms. The fourth-order valence-corrected chi connectivity index (χ4v) is 3.55. The second kappa shape index (κ2) is 17.4. The molecule has 192 valence electrons. The molecule has 0 bridgehead atoms. The van der Waals surface area contributed by atoms with E-state index in [9.17, 15) is 9.59 Å². The van der Waals surface area contributed by atoms with Gasteiger partial charge in [-0.05, 0) is 44.9 Å². The molecule has 0 saturated heterocycles. The number of H-pyrrole nitrogens is 1. The van der Waals surface area contributed by atoms with Gasteiger partial charge in [0.15, 0.2) is 5.58 Å². The van der Waals surface area contributed by atoms with Gasteiger partial charge in [0.05, 0.1) is 11.8 Å². The van der Waals surface area contributed by atoms with Crippen LogP contribution in [0.5, 0.6) is 0 Å². The number of hydrogen-bond acceptors (Lipinski definition) is 5. The molecule has 2 heterocycles. The zero-order valence-electron chi connectivity index (χ0n) is 21.3. The van der Waals surface area contributed by atoms with Gasteiger partial charge in [0.1, 0.15) is 18.4 Å². The number of esters is 2. The van der Waals surface area contributed by atoms with Crippen LogP contribution in [-0.4, -0.2) is 29.6 Å². The van der Waals surface area contributed by atoms with Crippen LogP contribution < -0.4 is 0 Å². The molecule has 1 atom stereocenters. The van der Waals surface area contributed by atoms with E-state index < -0.39 is 12.1 Å². The van der Waals surface area contributed by atoms with Crippen molar-refractivity contribution in [2.75, 3.05) is 6.61 Å². The number of unbranched alkanes of at least 4 members (excludes halogenated alkanes) is 5. The zero-order valence-corrected chi connectivity index (χ0v) is 21.3. The predicted molar refractivity (Wildman–Crippen MR) is 140 cm³/mol. The number of rotatable bonds is 18. The third kappa shape index (κ3) is 11.8. The summed E-state index contributed by atoms with van der Waals surface area (Å²) in [5.74, 6) is -0.719. The molecule has 35 heavy (non-hydrogen) atoms. The number of carbonyl (C=O) groups is 2. The number of nitrogens with one attached hydrogen (secondary N) is 1.